The van der Waals surface area contributed by atoms with Crippen LogP contribution in [0.25, 0.3) is 0 Å². The Balaban J connectivity index is 4.46. The minimum Gasteiger partial charge on any atom is -0.462 e. The van der Waals surface area contributed by atoms with Crippen LogP contribution in [-0.2, 0) is 28.6 Å². The van der Waals surface area contributed by atoms with Gasteiger partial charge in [-0.25, -0.2) is 0 Å². The maximum absolute atomic E-state index is 12.9. The molecule has 0 rings (SSSR count). The lowest BCUT2D eigenvalue weighted by molar-refractivity contribution is -0.167. The van der Waals surface area contributed by atoms with Crippen LogP contribution in [-0.4, -0.2) is 37.2 Å². The van der Waals surface area contributed by atoms with Crippen molar-refractivity contribution in [2.24, 2.45) is 0 Å². The van der Waals surface area contributed by atoms with E-state index in [4.69, 9.17) is 14.2 Å². The molecule has 0 aromatic heterocycles. The van der Waals surface area contributed by atoms with Gasteiger partial charge in [-0.05, 0) is 141 Å². The molecule has 0 radical (unpaired) electrons. The van der Waals surface area contributed by atoms with Crippen LogP contribution in [0.3, 0.4) is 0 Å². The first-order valence-electron chi connectivity index (χ1n) is 32.3. The monoisotopic (exact) mass is 1090 g/mol. The summed E-state index contributed by atoms with van der Waals surface area (Å²) in [6.45, 7) is 6.37. The highest BCUT2D eigenvalue weighted by Crippen LogP contribution is 2.14. The van der Waals surface area contributed by atoms with E-state index in [2.05, 4.69) is 167 Å². The third kappa shape index (κ3) is 64.0. The largest absolute Gasteiger partial charge is 0.462 e. The highest BCUT2D eigenvalue weighted by Gasteiger charge is 2.19. The number of hydrogen-bond acceptors (Lipinski definition) is 6. The van der Waals surface area contributed by atoms with Crippen molar-refractivity contribution in [3.8, 4) is 0 Å². The molecule has 446 valence electrons. The van der Waals surface area contributed by atoms with Crippen molar-refractivity contribution >= 4 is 17.9 Å². The topological polar surface area (TPSA) is 78.9 Å². The summed E-state index contributed by atoms with van der Waals surface area (Å²) in [5.41, 5.74) is 0. The average Bonchev–Trinajstić information content (AvgIpc) is 3.45. The van der Waals surface area contributed by atoms with E-state index in [9.17, 15) is 14.4 Å². The summed E-state index contributed by atoms with van der Waals surface area (Å²) in [5, 5.41) is 0. The van der Waals surface area contributed by atoms with Gasteiger partial charge in [-0.15, -0.1) is 0 Å². The summed E-state index contributed by atoms with van der Waals surface area (Å²) in [6.07, 6.45) is 94.2. The molecule has 0 aliphatic rings. The maximum Gasteiger partial charge on any atom is 0.306 e. The summed E-state index contributed by atoms with van der Waals surface area (Å²) in [4.78, 5) is 38.4. The summed E-state index contributed by atoms with van der Waals surface area (Å²) in [6, 6.07) is 0. The van der Waals surface area contributed by atoms with E-state index in [-0.39, 0.29) is 37.5 Å². The molecule has 0 fully saturated rings. The fourth-order valence-corrected chi connectivity index (χ4v) is 8.53. The molecule has 1 atom stereocenters. The molecule has 0 heterocycles. The van der Waals surface area contributed by atoms with Crippen molar-refractivity contribution < 1.29 is 28.6 Å². The molecule has 0 saturated carbocycles. The molecule has 0 saturated heterocycles. The Morgan fingerprint density at radius 1 is 0.266 bits per heavy atom. The molecular weight excluding hydrogens is 973 g/mol. The van der Waals surface area contributed by atoms with E-state index >= 15 is 0 Å². The Hall–Kier alpha value is -4.71. The molecule has 0 aliphatic heterocycles. The van der Waals surface area contributed by atoms with E-state index in [1.165, 1.54) is 77.0 Å². The van der Waals surface area contributed by atoms with Crippen molar-refractivity contribution in [2.45, 2.75) is 284 Å². The van der Waals surface area contributed by atoms with Gasteiger partial charge in [0.1, 0.15) is 13.2 Å². The maximum atomic E-state index is 12.9. The summed E-state index contributed by atoms with van der Waals surface area (Å²) in [5.74, 6) is -0.949. The molecular formula is C73H118O6. The summed E-state index contributed by atoms with van der Waals surface area (Å²) >= 11 is 0. The first kappa shape index (κ1) is 74.3. The number of esters is 3. The Bertz CT molecular complexity index is 1730. The number of rotatable bonds is 57. The van der Waals surface area contributed by atoms with Crippen molar-refractivity contribution in [3.63, 3.8) is 0 Å². The van der Waals surface area contributed by atoms with Crippen LogP contribution in [0.5, 0.6) is 0 Å². The normalized spacial score (nSPS) is 13.1. The van der Waals surface area contributed by atoms with Gasteiger partial charge in [-0.2, -0.15) is 0 Å². The molecule has 1 unspecified atom stereocenters. The van der Waals surface area contributed by atoms with E-state index in [1.54, 1.807) is 0 Å². The van der Waals surface area contributed by atoms with Crippen LogP contribution in [0.2, 0.25) is 0 Å². The minimum atomic E-state index is -0.809. The zero-order chi connectivity index (χ0) is 57.1. The van der Waals surface area contributed by atoms with E-state index in [0.717, 1.165) is 161 Å². The Labute approximate surface area is 487 Å². The van der Waals surface area contributed by atoms with E-state index < -0.39 is 6.10 Å². The molecule has 0 aromatic rings. The minimum absolute atomic E-state index is 0.101. The first-order chi connectivity index (χ1) is 39.0. The zero-order valence-corrected chi connectivity index (χ0v) is 51.1. The number of carbonyl (C=O) groups is 3. The third-order valence-corrected chi connectivity index (χ3v) is 13.3. The van der Waals surface area contributed by atoms with Gasteiger partial charge in [0, 0.05) is 19.3 Å². The van der Waals surface area contributed by atoms with Crippen molar-refractivity contribution in [1.29, 1.82) is 0 Å². The van der Waals surface area contributed by atoms with Crippen LogP contribution in [0.1, 0.15) is 278 Å². The zero-order valence-electron chi connectivity index (χ0n) is 51.1. The lowest BCUT2D eigenvalue weighted by atomic mass is 10.1. The summed E-state index contributed by atoms with van der Waals surface area (Å²) in [7, 11) is 0. The van der Waals surface area contributed by atoms with Crippen LogP contribution < -0.4 is 0 Å². The second kappa shape index (κ2) is 65.8. The van der Waals surface area contributed by atoms with Gasteiger partial charge < -0.3 is 14.2 Å². The van der Waals surface area contributed by atoms with Crippen molar-refractivity contribution in [3.05, 3.63) is 146 Å². The standard InChI is InChI=1S/C73H118O6/c1-4-7-10-13-16-19-22-25-28-31-32-33-34-35-36-37-38-39-40-43-45-48-51-54-57-60-63-66-72(75)78-69-70(79-73(76)67-64-61-58-55-52-49-46-42-30-27-24-21-18-15-12-9-6-3)68-77-71(74)65-62-59-56-53-50-47-44-41-29-26-23-20-17-14-11-8-5-2/h7,9-10,12,16,18-19,21,25-30,32-33,35-36,38-39,43,45-46,49,70H,4-6,8,11,13-15,17,20,22-24,31,34,37,40-42,44,47-48,50-69H2,1-3H3/b10-7-,12-9-,19-16-,21-18-,28-25-,29-26-,30-27-,33-32-,36-35-,39-38-,45-43-,49-46-. The molecule has 6 heteroatoms. The Kier molecular flexibility index (Phi) is 61.9. The predicted molar refractivity (Wildman–Crippen MR) is 343 cm³/mol. The fraction of sp³-hybridized carbons (Fsp3) is 0.630. The predicted octanol–water partition coefficient (Wildman–Crippen LogP) is 22.3. The van der Waals surface area contributed by atoms with Crippen molar-refractivity contribution in [1.82, 2.24) is 0 Å². The molecule has 0 aliphatic carbocycles. The van der Waals surface area contributed by atoms with Gasteiger partial charge in [-0.1, -0.05) is 263 Å². The van der Waals surface area contributed by atoms with Gasteiger partial charge in [0.05, 0.1) is 0 Å². The van der Waals surface area contributed by atoms with Gasteiger partial charge in [0.2, 0.25) is 0 Å². The van der Waals surface area contributed by atoms with Gasteiger partial charge in [0.15, 0.2) is 6.10 Å². The average molecular weight is 1090 g/mol. The molecule has 0 amide bonds. The molecule has 79 heavy (non-hydrogen) atoms. The first-order valence-corrected chi connectivity index (χ1v) is 32.3. The molecule has 0 bridgehead atoms. The van der Waals surface area contributed by atoms with Crippen molar-refractivity contribution in [2.75, 3.05) is 13.2 Å². The Morgan fingerprint density at radius 3 is 0.785 bits per heavy atom. The van der Waals surface area contributed by atoms with Crippen LogP contribution in [0, 0.1) is 0 Å². The lowest BCUT2D eigenvalue weighted by Crippen LogP contribution is -2.30. The van der Waals surface area contributed by atoms with Gasteiger partial charge in [0.25, 0.3) is 0 Å². The Morgan fingerprint density at radius 2 is 0.494 bits per heavy atom. The van der Waals surface area contributed by atoms with E-state index in [1.807, 2.05) is 0 Å². The van der Waals surface area contributed by atoms with Crippen LogP contribution in [0.15, 0.2) is 146 Å². The van der Waals surface area contributed by atoms with Gasteiger partial charge in [-0.3, -0.25) is 14.4 Å². The number of ether oxygens (including phenoxy) is 3. The van der Waals surface area contributed by atoms with Crippen LogP contribution in [0.4, 0.5) is 0 Å². The lowest BCUT2D eigenvalue weighted by Gasteiger charge is -2.18. The second-order valence-electron chi connectivity index (χ2n) is 20.9. The molecule has 0 aromatic carbocycles. The quantitative estimate of drug-likeness (QED) is 0.0261. The molecule has 0 spiro atoms. The van der Waals surface area contributed by atoms with Gasteiger partial charge >= 0.3 is 17.9 Å². The summed E-state index contributed by atoms with van der Waals surface area (Å²) < 4.78 is 16.9. The number of allylic oxidation sites excluding steroid dienone is 24. The van der Waals surface area contributed by atoms with Crippen LogP contribution >= 0.6 is 0 Å². The third-order valence-electron chi connectivity index (χ3n) is 13.3. The fourth-order valence-electron chi connectivity index (χ4n) is 8.53. The highest BCUT2D eigenvalue weighted by molar-refractivity contribution is 5.71. The second-order valence-corrected chi connectivity index (χ2v) is 20.9. The molecule has 0 N–H and O–H groups in total. The number of carbonyl (C=O) groups excluding carboxylic acids is 3. The highest BCUT2D eigenvalue weighted by atomic mass is 16.6. The smallest absolute Gasteiger partial charge is 0.306 e. The van der Waals surface area contributed by atoms with E-state index in [0.29, 0.717) is 12.8 Å². The molecule has 6 nitrogen and oxygen atoms in total. The number of unbranched alkanes of at least 4 members (excludes halogenated alkanes) is 22. The SMILES string of the molecule is CC/C=C\C/C=C\C/C=C\C/C=C\C/C=C\C/C=C\C/C=C\CCCCCCCC(=O)OCC(COC(=O)CCCCCCCCC/C=C\CCCCCCCC)OC(=O)CCCCCC/C=C\C/C=C\C/C=C\C/C=C\CC. The number of hydrogen-bond donors (Lipinski definition) is 0.